The summed E-state index contributed by atoms with van der Waals surface area (Å²) in [4.78, 5) is 0. The van der Waals surface area contributed by atoms with Gasteiger partial charge >= 0.3 is 8.56 Å². The molecule has 0 amide bonds. The Morgan fingerprint density at radius 2 is 1.33 bits per heavy atom. The van der Waals surface area contributed by atoms with Gasteiger partial charge in [0.25, 0.3) is 0 Å². The van der Waals surface area contributed by atoms with Gasteiger partial charge in [-0.05, 0) is 13.8 Å². The Hall–Kier alpha value is -0.783. The average Bonchev–Trinajstić information content (AvgIpc) is 2.24. The largest absolute Gasteiger partial charge is 0.500 e. The van der Waals surface area contributed by atoms with E-state index in [-0.39, 0.29) is 0 Å². The molecule has 0 atom stereocenters. The van der Waals surface area contributed by atoms with E-state index >= 15 is 0 Å². The molecule has 4 nitrogen and oxygen atoms in total. The molecule has 0 radical (unpaired) electrons. The van der Waals surface area contributed by atoms with Crippen molar-refractivity contribution in [2.45, 2.75) is 13.8 Å². The van der Waals surface area contributed by atoms with Crippen LogP contribution in [0.5, 0.6) is 0 Å². The minimum absolute atomic E-state index is 0.381. The van der Waals surface area contributed by atoms with E-state index in [1.54, 1.807) is 0 Å². The van der Waals surface area contributed by atoms with E-state index in [1.807, 2.05) is 13.8 Å². The van der Waals surface area contributed by atoms with Crippen LogP contribution in [-0.4, -0.2) is 34.2 Å². The molecule has 0 rings (SSSR count). The van der Waals surface area contributed by atoms with E-state index in [2.05, 4.69) is 13.2 Å². The zero-order chi connectivity index (χ0) is 11.6. The summed E-state index contributed by atoms with van der Waals surface area (Å²) in [5.74, 6) is 0. The number of hydrogen-bond acceptors (Lipinski definition) is 4. The lowest BCUT2D eigenvalue weighted by Gasteiger charge is -2.28. The maximum Gasteiger partial charge on any atom is 0.415 e. The van der Waals surface area contributed by atoms with Crippen LogP contribution < -0.4 is 0 Å². The predicted octanol–water partition coefficient (Wildman–Crippen LogP) is 1.90. The quantitative estimate of drug-likeness (QED) is 0.426. The minimum Gasteiger partial charge on any atom is -0.500 e. The van der Waals surface area contributed by atoms with Crippen LogP contribution in [-0.2, 0) is 18.3 Å². The van der Waals surface area contributed by atoms with Crippen molar-refractivity contribution in [1.29, 1.82) is 0 Å². The van der Waals surface area contributed by atoms with Crippen molar-refractivity contribution in [3.8, 4) is 0 Å². The summed E-state index contributed by atoms with van der Waals surface area (Å²) in [5.41, 5.74) is 0. The standard InChI is InChI=1S/C10H20O4Si/c1-5-11-9-15(13-7-3,14-8-4)10-12-6-2/h5-6H,1-2,7-10H2,3-4H3. The SMILES string of the molecule is C=COC[Si](COC=C)(OCC)OCC. The second kappa shape index (κ2) is 8.52. The molecule has 0 bridgehead atoms. The van der Waals surface area contributed by atoms with E-state index in [9.17, 15) is 0 Å². The molecule has 0 saturated heterocycles. The van der Waals surface area contributed by atoms with Crippen LogP contribution >= 0.6 is 0 Å². The molecule has 0 spiro atoms. The first kappa shape index (κ1) is 14.2. The third kappa shape index (κ3) is 5.61. The molecule has 0 saturated carbocycles. The van der Waals surface area contributed by atoms with Gasteiger partial charge in [-0.15, -0.1) is 0 Å². The van der Waals surface area contributed by atoms with Gasteiger partial charge < -0.3 is 18.3 Å². The predicted molar refractivity (Wildman–Crippen MR) is 61.3 cm³/mol. The van der Waals surface area contributed by atoms with Crippen LogP contribution in [0, 0.1) is 0 Å². The van der Waals surface area contributed by atoms with E-state index in [1.165, 1.54) is 12.5 Å². The van der Waals surface area contributed by atoms with Gasteiger partial charge in [0.2, 0.25) is 0 Å². The maximum atomic E-state index is 5.65. The van der Waals surface area contributed by atoms with Gasteiger partial charge in [-0.1, -0.05) is 13.2 Å². The van der Waals surface area contributed by atoms with Gasteiger partial charge in [0, 0.05) is 13.2 Å². The van der Waals surface area contributed by atoms with Crippen LogP contribution in [0.2, 0.25) is 0 Å². The molecule has 0 aromatic carbocycles. The molecule has 0 heterocycles. The van der Waals surface area contributed by atoms with Gasteiger partial charge in [0.1, 0.15) is 12.5 Å². The van der Waals surface area contributed by atoms with Crippen LogP contribution in [0.3, 0.4) is 0 Å². The van der Waals surface area contributed by atoms with Crippen molar-refractivity contribution in [3.63, 3.8) is 0 Å². The van der Waals surface area contributed by atoms with E-state index in [0.717, 1.165) is 0 Å². The molecule has 0 fully saturated rings. The van der Waals surface area contributed by atoms with Crippen LogP contribution in [0.15, 0.2) is 25.7 Å². The molecule has 0 aliphatic rings. The third-order valence-electron chi connectivity index (χ3n) is 1.66. The Morgan fingerprint density at radius 1 is 0.933 bits per heavy atom. The van der Waals surface area contributed by atoms with E-state index < -0.39 is 8.56 Å². The number of ether oxygens (including phenoxy) is 2. The average molecular weight is 232 g/mol. The van der Waals surface area contributed by atoms with Gasteiger partial charge in [0.15, 0.2) is 0 Å². The van der Waals surface area contributed by atoms with Gasteiger partial charge in [-0.25, -0.2) is 0 Å². The Labute approximate surface area is 92.7 Å². The van der Waals surface area contributed by atoms with Crippen LogP contribution in [0.1, 0.15) is 13.8 Å². The first-order valence-corrected chi connectivity index (χ1v) is 7.20. The highest BCUT2D eigenvalue weighted by atomic mass is 28.4. The summed E-state index contributed by atoms with van der Waals surface area (Å²) in [7, 11) is -2.42. The van der Waals surface area contributed by atoms with Crippen LogP contribution in [0.25, 0.3) is 0 Å². The lowest BCUT2D eigenvalue weighted by atomic mass is 10.9. The first-order valence-electron chi connectivity index (χ1n) is 4.97. The molecule has 0 unspecified atom stereocenters. The summed E-state index contributed by atoms with van der Waals surface area (Å²) in [5, 5.41) is 0. The third-order valence-corrected chi connectivity index (χ3v) is 4.50. The van der Waals surface area contributed by atoms with Gasteiger partial charge in [-0.3, -0.25) is 0 Å². The van der Waals surface area contributed by atoms with Gasteiger partial charge in [0.05, 0.1) is 12.5 Å². The molecule has 5 heteroatoms. The smallest absolute Gasteiger partial charge is 0.415 e. The first-order chi connectivity index (χ1) is 7.24. The molecule has 88 valence electrons. The zero-order valence-corrected chi connectivity index (χ0v) is 10.5. The molecule has 0 aliphatic heterocycles. The molecular formula is C10H20O4Si. The van der Waals surface area contributed by atoms with Crippen molar-refractivity contribution in [2.24, 2.45) is 0 Å². The van der Waals surface area contributed by atoms with Crippen molar-refractivity contribution in [3.05, 3.63) is 25.7 Å². The van der Waals surface area contributed by atoms with E-state index in [4.69, 9.17) is 18.3 Å². The zero-order valence-electron chi connectivity index (χ0n) is 9.53. The summed E-state index contributed by atoms with van der Waals surface area (Å²) < 4.78 is 21.6. The highest BCUT2D eigenvalue weighted by Crippen LogP contribution is 2.10. The minimum atomic E-state index is -2.42. The molecule has 0 aromatic heterocycles. The fourth-order valence-electron chi connectivity index (χ4n) is 1.15. The van der Waals surface area contributed by atoms with Crippen LogP contribution in [0.4, 0.5) is 0 Å². The summed E-state index contributed by atoms with van der Waals surface area (Å²) in [6, 6.07) is 0. The summed E-state index contributed by atoms with van der Waals surface area (Å²) >= 11 is 0. The Morgan fingerprint density at radius 3 is 1.60 bits per heavy atom. The number of rotatable bonds is 10. The topological polar surface area (TPSA) is 36.9 Å². The lowest BCUT2D eigenvalue weighted by Crippen LogP contribution is -2.51. The highest BCUT2D eigenvalue weighted by molar-refractivity contribution is 6.67. The fraction of sp³-hybridized carbons (Fsp3) is 0.600. The Balaban J connectivity index is 4.38. The second-order valence-corrected chi connectivity index (χ2v) is 5.71. The summed E-state index contributed by atoms with van der Waals surface area (Å²) in [6.45, 7) is 12.0. The van der Waals surface area contributed by atoms with Crippen molar-refractivity contribution >= 4 is 8.56 Å². The maximum absolute atomic E-state index is 5.65. The molecular weight excluding hydrogens is 212 g/mol. The van der Waals surface area contributed by atoms with E-state index in [0.29, 0.717) is 25.7 Å². The number of hydrogen-bond donors (Lipinski definition) is 0. The fourth-order valence-corrected chi connectivity index (χ4v) is 3.44. The molecule has 15 heavy (non-hydrogen) atoms. The lowest BCUT2D eigenvalue weighted by molar-refractivity contribution is 0.117. The van der Waals surface area contributed by atoms with Crippen molar-refractivity contribution in [1.82, 2.24) is 0 Å². The second-order valence-electron chi connectivity index (χ2n) is 2.73. The van der Waals surface area contributed by atoms with Gasteiger partial charge in [-0.2, -0.15) is 0 Å². The van der Waals surface area contributed by atoms with Crippen molar-refractivity contribution in [2.75, 3.05) is 25.7 Å². The summed E-state index contributed by atoms with van der Waals surface area (Å²) in [6.07, 6.45) is 3.53. The Kier molecular flexibility index (Phi) is 8.07. The highest BCUT2D eigenvalue weighted by Gasteiger charge is 2.39. The normalized spacial score (nSPS) is 10.8. The molecule has 0 N–H and O–H groups in total. The Bertz CT molecular complexity index is 164. The molecule has 0 aliphatic carbocycles. The van der Waals surface area contributed by atoms with Crippen molar-refractivity contribution < 1.29 is 18.3 Å². The monoisotopic (exact) mass is 232 g/mol. The molecule has 0 aromatic rings.